The topological polar surface area (TPSA) is 29.5 Å². The third-order valence-corrected chi connectivity index (χ3v) is 4.62. The molecule has 2 saturated carbocycles. The monoisotopic (exact) mass is 259 g/mol. The summed E-state index contributed by atoms with van der Waals surface area (Å²) in [6, 6.07) is 0. The maximum atomic E-state index is 12.1. The minimum atomic E-state index is -2.72. The zero-order valence-electron chi connectivity index (χ0n) is 10.4. The van der Waals surface area contributed by atoms with Crippen molar-refractivity contribution < 1.29 is 18.3 Å². The van der Waals surface area contributed by atoms with E-state index in [-0.39, 0.29) is 11.8 Å². The van der Waals surface area contributed by atoms with Crippen LogP contribution in [0.15, 0.2) is 0 Å². The first-order valence-electron chi connectivity index (χ1n) is 6.87. The first-order chi connectivity index (χ1) is 8.65. The van der Waals surface area contributed by atoms with Crippen LogP contribution in [0.3, 0.4) is 0 Å². The summed E-state index contributed by atoms with van der Waals surface area (Å²) in [5, 5.41) is 0. The van der Waals surface area contributed by atoms with Crippen molar-refractivity contribution in [1.29, 1.82) is 0 Å². The van der Waals surface area contributed by atoms with Crippen molar-refractivity contribution >= 4 is 5.91 Å². The molecule has 1 heterocycles. The highest BCUT2D eigenvalue weighted by atomic mass is 19.3. The molecule has 0 spiro atoms. The van der Waals surface area contributed by atoms with E-state index in [1.54, 1.807) is 4.90 Å². The van der Waals surface area contributed by atoms with Crippen LogP contribution in [0.2, 0.25) is 0 Å². The van der Waals surface area contributed by atoms with Crippen molar-refractivity contribution in [2.75, 3.05) is 13.1 Å². The Labute approximate surface area is 105 Å². The Morgan fingerprint density at radius 1 is 1.22 bits per heavy atom. The second-order valence-electron chi connectivity index (χ2n) is 5.81. The van der Waals surface area contributed by atoms with E-state index in [2.05, 4.69) is 4.74 Å². The average molecular weight is 259 g/mol. The number of halogens is 2. The Morgan fingerprint density at radius 2 is 1.89 bits per heavy atom. The molecule has 18 heavy (non-hydrogen) atoms. The molecule has 3 fully saturated rings. The van der Waals surface area contributed by atoms with Gasteiger partial charge < -0.3 is 9.64 Å². The molecular formula is C13H19F2NO2. The van der Waals surface area contributed by atoms with E-state index >= 15 is 0 Å². The van der Waals surface area contributed by atoms with Crippen LogP contribution in [0.4, 0.5) is 8.78 Å². The van der Waals surface area contributed by atoms with E-state index in [1.165, 1.54) is 25.7 Å². The van der Waals surface area contributed by atoms with Crippen LogP contribution in [0, 0.1) is 17.8 Å². The van der Waals surface area contributed by atoms with Gasteiger partial charge in [0, 0.05) is 19.0 Å². The van der Waals surface area contributed by atoms with Crippen molar-refractivity contribution in [3.05, 3.63) is 0 Å². The third kappa shape index (κ3) is 2.37. The Kier molecular flexibility index (Phi) is 3.26. The number of alkyl halides is 2. The van der Waals surface area contributed by atoms with Gasteiger partial charge >= 0.3 is 6.61 Å². The summed E-state index contributed by atoms with van der Waals surface area (Å²) in [7, 11) is 0. The van der Waals surface area contributed by atoms with Crippen LogP contribution >= 0.6 is 0 Å². The summed E-state index contributed by atoms with van der Waals surface area (Å²) in [6.07, 6.45) is 5.70. The Morgan fingerprint density at radius 3 is 2.50 bits per heavy atom. The highest BCUT2D eigenvalue weighted by Crippen LogP contribution is 2.51. The second-order valence-corrected chi connectivity index (χ2v) is 5.81. The molecule has 1 amide bonds. The summed E-state index contributed by atoms with van der Waals surface area (Å²) in [5.41, 5.74) is 0. The predicted molar refractivity (Wildman–Crippen MR) is 61.0 cm³/mol. The van der Waals surface area contributed by atoms with E-state index in [0.29, 0.717) is 19.0 Å². The van der Waals surface area contributed by atoms with Gasteiger partial charge in [-0.15, -0.1) is 0 Å². The number of carbonyl (C=O) groups excluding carboxylic acids is 1. The number of nitrogens with zero attached hydrogens (tertiary/aromatic N) is 1. The number of likely N-dealkylation sites (tertiary alicyclic amines) is 1. The van der Waals surface area contributed by atoms with Crippen LogP contribution in [-0.2, 0) is 9.53 Å². The van der Waals surface area contributed by atoms with Gasteiger partial charge in [-0.25, -0.2) is 0 Å². The number of ether oxygens (including phenoxy) is 1. The number of carbonyl (C=O) groups is 1. The summed E-state index contributed by atoms with van der Waals surface area (Å²) >= 11 is 0. The fourth-order valence-corrected chi connectivity index (χ4v) is 3.49. The van der Waals surface area contributed by atoms with Crippen molar-refractivity contribution in [3.8, 4) is 0 Å². The van der Waals surface area contributed by atoms with Crippen molar-refractivity contribution in [2.24, 2.45) is 17.8 Å². The van der Waals surface area contributed by atoms with Gasteiger partial charge in [0.15, 0.2) is 0 Å². The highest BCUT2D eigenvalue weighted by Gasteiger charge is 2.51. The molecule has 1 aliphatic heterocycles. The lowest BCUT2D eigenvalue weighted by Gasteiger charge is -2.38. The van der Waals surface area contributed by atoms with E-state index in [4.69, 9.17) is 0 Å². The molecule has 2 aliphatic carbocycles. The molecule has 1 saturated heterocycles. The fourth-order valence-electron chi connectivity index (χ4n) is 3.49. The van der Waals surface area contributed by atoms with Crippen LogP contribution in [0.25, 0.3) is 0 Å². The molecule has 0 aromatic rings. The quantitative estimate of drug-likeness (QED) is 0.775. The lowest BCUT2D eigenvalue weighted by atomic mass is 10.00. The van der Waals surface area contributed by atoms with Crippen LogP contribution < -0.4 is 0 Å². The first-order valence-corrected chi connectivity index (χ1v) is 6.87. The molecule has 0 bridgehead atoms. The lowest BCUT2D eigenvalue weighted by molar-refractivity contribution is -0.199. The number of hydrogen-bond acceptors (Lipinski definition) is 2. The van der Waals surface area contributed by atoms with Gasteiger partial charge in [0.2, 0.25) is 5.91 Å². The third-order valence-electron chi connectivity index (χ3n) is 4.62. The van der Waals surface area contributed by atoms with Crippen molar-refractivity contribution in [2.45, 2.75) is 44.8 Å². The minimum absolute atomic E-state index is 0.168. The molecule has 0 radical (unpaired) electrons. The summed E-state index contributed by atoms with van der Waals surface area (Å²) < 4.78 is 28.3. The molecule has 5 heteroatoms. The Hall–Kier alpha value is -0.710. The molecule has 0 N–H and O–H groups in total. The molecule has 3 rings (SSSR count). The first kappa shape index (κ1) is 12.3. The fraction of sp³-hybridized carbons (Fsp3) is 0.923. The normalized spacial score (nSPS) is 32.9. The van der Waals surface area contributed by atoms with Gasteiger partial charge in [0.05, 0.1) is 6.10 Å². The van der Waals surface area contributed by atoms with E-state index in [0.717, 1.165) is 12.3 Å². The SMILES string of the molecule is O=C(C1CC1C1CCCC1)N1CC(OC(F)F)C1. The smallest absolute Gasteiger partial charge is 0.337 e. The zero-order chi connectivity index (χ0) is 12.7. The molecule has 0 aromatic carbocycles. The van der Waals surface area contributed by atoms with Crippen LogP contribution in [-0.4, -0.2) is 36.6 Å². The Balaban J connectivity index is 1.41. The second kappa shape index (κ2) is 4.76. The van der Waals surface area contributed by atoms with E-state index in [1.807, 2.05) is 0 Å². The molecule has 2 atom stereocenters. The summed E-state index contributed by atoms with van der Waals surface area (Å²) in [5.74, 6) is 1.67. The zero-order valence-corrected chi connectivity index (χ0v) is 10.4. The van der Waals surface area contributed by atoms with Crippen LogP contribution in [0.1, 0.15) is 32.1 Å². The Bertz CT molecular complexity index is 325. The van der Waals surface area contributed by atoms with Gasteiger partial charge in [0.25, 0.3) is 0 Å². The van der Waals surface area contributed by atoms with Gasteiger partial charge in [-0.05, 0) is 18.3 Å². The van der Waals surface area contributed by atoms with Gasteiger partial charge in [-0.1, -0.05) is 25.7 Å². The molecular weight excluding hydrogens is 240 g/mol. The largest absolute Gasteiger partial charge is 0.345 e. The number of hydrogen-bond donors (Lipinski definition) is 0. The van der Waals surface area contributed by atoms with Gasteiger partial charge in [0.1, 0.15) is 0 Å². The molecule has 3 aliphatic rings. The molecule has 2 unspecified atom stereocenters. The van der Waals surface area contributed by atoms with Crippen LogP contribution in [0.5, 0.6) is 0 Å². The molecule has 102 valence electrons. The maximum absolute atomic E-state index is 12.1. The van der Waals surface area contributed by atoms with Crippen molar-refractivity contribution in [1.82, 2.24) is 4.90 Å². The number of amides is 1. The average Bonchev–Trinajstić information content (AvgIpc) is 2.88. The van der Waals surface area contributed by atoms with E-state index in [9.17, 15) is 13.6 Å². The van der Waals surface area contributed by atoms with Gasteiger partial charge in [-0.2, -0.15) is 8.78 Å². The standard InChI is InChI=1S/C13H19F2NO2/c14-13(15)18-9-6-16(7-9)12(17)11-5-10(11)8-3-1-2-4-8/h8-11,13H,1-7H2. The maximum Gasteiger partial charge on any atom is 0.345 e. The van der Waals surface area contributed by atoms with E-state index < -0.39 is 12.7 Å². The van der Waals surface area contributed by atoms with Gasteiger partial charge in [-0.3, -0.25) is 4.79 Å². The highest BCUT2D eigenvalue weighted by molar-refractivity contribution is 5.82. The summed E-state index contributed by atoms with van der Waals surface area (Å²) in [6.45, 7) is -2.03. The predicted octanol–water partition coefficient (Wildman–Crippen LogP) is 2.26. The molecule has 0 aromatic heterocycles. The van der Waals surface area contributed by atoms with Crippen molar-refractivity contribution in [3.63, 3.8) is 0 Å². The summed E-state index contributed by atoms with van der Waals surface area (Å²) in [4.78, 5) is 13.7. The minimum Gasteiger partial charge on any atom is -0.337 e. The number of rotatable bonds is 4. The lowest BCUT2D eigenvalue weighted by Crippen LogP contribution is -2.55. The molecule has 3 nitrogen and oxygen atoms in total.